The SMILES string of the molecule is CCC(=O)c1ccccc1OCC(=O)N(CC)CC. The molecule has 0 aromatic heterocycles. The summed E-state index contributed by atoms with van der Waals surface area (Å²) in [5.74, 6) is 0.435. The first-order valence-corrected chi connectivity index (χ1v) is 6.66. The minimum Gasteiger partial charge on any atom is -0.483 e. The third kappa shape index (κ3) is 4.09. The first kappa shape index (κ1) is 15.2. The number of carbonyl (C=O) groups excluding carboxylic acids is 2. The van der Waals surface area contributed by atoms with Crippen molar-refractivity contribution in [3.05, 3.63) is 29.8 Å². The third-order valence-corrected chi connectivity index (χ3v) is 2.98. The van der Waals surface area contributed by atoms with Crippen LogP contribution in [0.2, 0.25) is 0 Å². The Morgan fingerprint density at radius 3 is 2.32 bits per heavy atom. The first-order chi connectivity index (χ1) is 9.13. The summed E-state index contributed by atoms with van der Waals surface area (Å²) in [4.78, 5) is 25.3. The van der Waals surface area contributed by atoms with Crippen LogP contribution in [0.25, 0.3) is 0 Å². The molecule has 0 fully saturated rings. The summed E-state index contributed by atoms with van der Waals surface area (Å²) in [6, 6.07) is 7.03. The van der Waals surface area contributed by atoms with Gasteiger partial charge in [-0.3, -0.25) is 9.59 Å². The summed E-state index contributed by atoms with van der Waals surface area (Å²) in [5, 5.41) is 0. The van der Waals surface area contributed by atoms with Crippen LogP contribution in [0.5, 0.6) is 5.75 Å². The number of para-hydroxylation sites is 1. The van der Waals surface area contributed by atoms with Gasteiger partial charge in [0.2, 0.25) is 0 Å². The fourth-order valence-electron chi connectivity index (χ4n) is 1.82. The van der Waals surface area contributed by atoms with Gasteiger partial charge in [-0.15, -0.1) is 0 Å². The Hall–Kier alpha value is -1.84. The Bertz CT molecular complexity index is 439. The number of hydrogen-bond acceptors (Lipinski definition) is 3. The van der Waals surface area contributed by atoms with E-state index in [4.69, 9.17) is 4.74 Å². The van der Waals surface area contributed by atoms with Crippen molar-refractivity contribution < 1.29 is 14.3 Å². The molecule has 0 aliphatic carbocycles. The molecule has 0 bridgehead atoms. The Morgan fingerprint density at radius 2 is 1.74 bits per heavy atom. The molecule has 0 aliphatic rings. The number of ketones is 1. The van der Waals surface area contributed by atoms with Crippen LogP contribution >= 0.6 is 0 Å². The number of nitrogens with zero attached hydrogens (tertiary/aromatic N) is 1. The van der Waals surface area contributed by atoms with E-state index in [0.29, 0.717) is 30.8 Å². The smallest absolute Gasteiger partial charge is 0.260 e. The average molecular weight is 263 g/mol. The van der Waals surface area contributed by atoms with E-state index in [1.807, 2.05) is 13.8 Å². The van der Waals surface area contributed by atoms with Gasteiger partial charge in [0.25, 0.3) is 5.91 Å². The van der Waals surface area contributed by atoms with Crippen molar-refractivity contribution in [1.29, 1.82) is 0 Å². The summed E-state index contributed by atoms with van der Waals surface area (Å²) in [6.07, 6.45) is 0.421. The minimum absolute atomic E-state index is 0.0193. The van der Waals surface area contributed by atoms with Gasteiger partial charge in [-0.05, 0) is 26.0 Å². The molecule has 0 radical (unpaired) electrons. The number of likely N-dealkylation sites (N-methyl/N-ethyl adjacent to an activating group) is 1. The quantitative estimate of drug-likeness (QED) is 0.710. The van der Waals surface area contributed by atoms with E-state index in [1.165, 1.54) is 0 Å². The molecule has 19 heavy (non-hydrogen) atoms. The van der Waals surface area contributed by atoms with Gasteiger partial charge in [0, 0.05) is 19.5 Å². The maximum atomic E-state index is 11.8. The highest BCUT2D eigenvalue weighted by Crippen LogP contribution is 2.19. The highest BCUT2D eigenvalue weighted by atomic mass is 16.5. The number of ether oxygens (including phenoxy) is 1. The van der Waals surface area contributed by atoms with Crippen LogP contribution in [0.1, 0.15) is 37.6 Å². The molecule has 0 saturated carbocycles. The van der Waals surface area contributed by atoms with E-state index in [9.17, 15) is 9.59 Å². The molecule has 0 N–H and O–H groups in total. The molecule has 1 aromatic carbocycles. The van der Waals surface area contributed by atoms with E-state index in [0.717, 1.165) is 0 Å². The molecule has 1 amide bonds. The maximum Gasteiger partial charge on any atom is 0.260 e. The third-order valence-electron chi connectivity index (χ3n) is 2.98. The Morgan fingerprint density at radius 1 is 1.11 bits per heavy atom. The molecule has 4 heteroatoms. The minimum atomic E-state index is -0.0660. The normalized spacial score (nSPS) is 10.1. The fourth-order valence-corrected chi connectivity index (χ4v) is 1.82. The van der Waals surface area contributed by atoms with Gasteiger partial charge in [-0.25, -0.2) is 0 Å². The second kappa shape index (κ2) is 7.56. The van der Waals surface area contributed by atoms with Gasteiger partial charge in [-0.1, -0.05) is 19.1 Å². The summed E-state index contributed by atoms with van der Waals surface area (Å²) >= 11 is 0. The van der Waals surface area contributed by atoms with Crippen LogP contribution in [0.4, 0.5) is 0 Å². The molecule has 0 aliphatic heterocycles. The summed E-state index contributed by atoms with van der Waals surface area (Å²) in [6.45, 7) is 6.95. The van der Waals surface area contributed by atoms with Crippen LogP contribution in [-0.4, -0.2) is 36.3 Å². The summed E-state index contributed by atoms with van der Waals surface area (Å²) < 4.78 is 5.49. The van der Waals surface area contributed by atoms with E-state index < -0.39 is 0 Å². The van der Waals surface area contributed by atoms with Crippen LogP contribution < -0.4 is 4.74 Å². The highest BCUT2D eigenvalue weighted by molar-refractivity contribution is 5.98. The summed E-state index contributed by atoms with van der Waals surface area (Å²) in [5.41, 5.74) is 0.539. The van der Waals surface area contributed by atoms with Gasteiger partial charge >= 0.3 is 0 Å². The largest absolute Gasteiger partial charge is 0.483 e. The van der Waals surface area contributed by atoms with Crippen molar-refractivity contribution in [2.45, 2.75) is 27.2 Å². The van der Waals surface area contributed by atoms with Crippen LogP contribution in [0.15, 0.2) is 24.3 Å². The molecule has 0 unspecified atom stereocenters. The number of benzene rings is 1. The van der Waals surface area contributed by atoms with Crippen molar-refractivity contribution in [2.75, 3.05) is 19.7 Å². The monoisotopic (exact) mass is 263 g/mol. The number of carbonyl (C=O) groups is 2. The zero-order chi connectivity index (χ0) is 14.3. The second-order valence-corrected chi connectivity index (χ2v) is 4.13. The molecule has 0 saturated heterocycles. The molecule has 1 aromatic rings. The zero-order valence-electron chi connectivity index (χ0n) is 11.8. The molecular formula is C15H21NO3. The van der Waals surface area contributed by atoms with Crippen LogP contribution in [-0.2, 0) is 4.79 Å². The molecule has 0 spiro atoms. The Labute approximate surface area is 114 Å². The van der Waals surface area contributed by atoms with Crippen molar-refractivity contribution in [3.63, 3.8) is 0 Å². The van der Waals surface area contributed by atoms with Crippen molar-refractivity contribution >= 4 is 11.7 Å². The van der Waals surface area contributed by atoms with Gasteiger partial charge in [0.15, 0.2) is 12.4 Å². The van der Waals surface area contributed by atoms with Gasteiger partial charge in [-0.2, -0.15) is 0 Å². The zero-order valence-corrected chi connectivity index (χ0v) is 11.8. The fraction of sp³-hybridized carbons (Fsp3) is 0.467. The average Bonchev–Trinajstić information content (AvgIpc) is 2.45. The predicted molar refractivity (Wildman–Crippen MR) is 74.5 cm³/mol. The lowest BCUT2D eigenvalue weighted by Gasteiger charge is -2.19. The van der Waals surface area contributed by atoms with Crippen molar-refractivity contribution in [1.82, 2.24) is 4.90 Å². The molecule has 0 heterocycles. The second-order valence-electron chi connectivity index (χ2n) is 4.13. The lowest BCUT2D eigenvalue weighted by Crippen LogP contribution is -2.34. The van der Waals surface area contributed by atoms with Crippen molar-refractivity contribution in [2.24, 2.45) is 0 Å². The lowest BCUT2D eigenvalue weighted by atomic mass is 10.1. The maximum absolute atomic E-state index is 11.8. The van der Waals surface area contributed by atoms with Gasteiger partial charge in [0.05, 0.1) is 5.56 Å². The van der Waals surface area contributed by atoms with Crippen molar-refractivity contribution in [3.8, 4) is 5.75 Å². The first-order valence-electron chi connectivity index (χ1n) is 6.66. The van der Waals surface area contributed by atoms with E-state index in [1.54, 1.807) is 36.1 Å². The topological polar surface area (TPSA) is 46.6 Å². The van der Waals surface area contributed by atoms with Crippen LogP contribution in [0.3, 0.4) is 0 Å². The Balaban J connectivity index is 2.73. The van der Waals surface area contributed by atoms with E-state index in [-0.39, 0.29) is 18.3 Å². The highest BCUT2D eigenvalue weighted by Gasteiger charge is 2.14. The molecular weight excluding hydrogens is 242 g/mol. The molecule has 4 nitrogen and oxygen atoms in total. The molecule has 104 valence electrons. The number of amides is 1. The Kier molecular flexibility index (Phi) is 6.06. The standard InChI is InChI=1S/C15H21NO3/c1-4-13(17)12-9-7-8-10-14(12)19-11-15(18)16(5-2)6-3/h7-10H,4-6,11H2,1-3H3. The van der Waals surface area contributed by atoms with E-state index >= 15 is 0 Å². The summed E-state index contributed by atoms with van der Waals surface area (Å²) in [7, 11) is 0. The molecule has 0 atom stereocenters. The van der Waals surface area contributed by atoms with Gasteiger partial charge in [0.1, 0.15) is 5.75 Å². The number of Topliss-reactive ketones (excluding diaryl/α,β-unsaturated/α-hetero) is 1. The molecule has 1 rings (SSSR count). The number of hydrogen-bond donors (Lipinski definition) is 0. The van der Waals surface area contributed by atoms with E-state index in [2.05, 4.69) is 0 Å². The lowest BCUT2D eigenvalue weighted by molar-refractivity contribution is -0.132. The van der Waals surface area contributed by atoms with Crippen LogP contribution in [0, 0.1) is 0 Å². The predicted octanol–water partition coefficient (Wildman–Crippen LogP) is 2.53. The van der Waals surface area contributed by atoms with Gasteiger partial charge < -0.3 is 9.64 Å². The number of rotatable bonds is 7.